The first-order valence-electron chi connectivity index (χ1n) is 7.50. The predicted molar refractivity (Wildman–Crippen MR) is 103 cm³/mol. The highest BCUT2D eigenvalue weighted by molar-refractivity contribution is 7.71. The molecule has 7 heteroatoms. The van der Waals surface area contributed by atoms with E-state index in [-0.39, 0.29) is 5.75 Å². The van der Waals surface area contributed by atoms with Gasteiger partial charge in [0.1, 0.15) is 5.75 Å². The van der Waals surface area contributed by atoms with Crippen LogP contribution in [0.2, 0.25) is 5.02 Å². The van der Waals surface area contributed by atoms with Gasteiger partial charge in [-0.1, -0.05) is 41.9 Å². The van der Waals surface area contributed by atoms with Gasteiger partial charge in [-0.15, -0.1) is 6.58 Å². The molecule has 0 spiro atoms. The summed E-state index contributed by atoms with van der Waals surface area (Å²) in [5, 5.41) is 22.2. The van der Waals surface area contributed by atoms with Crippen molar-refractivity contribution in [1.29, 1.82) is 0 Å². The molecule has 0 fully saturated rings. The smallest absolute Gasteiger partial charge is 0.216 e. The van der Waals surface area contributed by atoms with E-state index in [0.29, 0.717) is 33.2 Å². The second-order valence-corrected chi connectivity index (χ2v) is 6.03. The van der Waals surface area contributed by atoms with Crippen LogP contribution in [-0.2, 0) is 6.42 Å². The van der Waals surface area contributed by atoms with Crippen molar-refractivity contribution in [3.05, 3.63) is 76.0 Å². The van der Waals surface area contributed by atoms with Crippen LogP contribution in [0.15, 0.2) is 60.2 Å². The molecule has 0 unspecified atom stereocenters. The van der Waals surface area contributed by atoms with E-state index in [9.17, 15) is 5.11 Å². The zero-order valence-corrected chi connectivity index (χ0v) is 14.8. The molecule has 0 bridgehead atoms. The Morgan fingerprint density at radius 2 is 2.08 bits per heavy atom. The summed E-state index contributed by atoms with van der Waals surface area (Å²) in [6.45, 7) is 3.69. The van der Waals surface area contributed by atoms with Gasteiger partial charge in [-0.3, -0.25) is 0 Å². The SMILES string of the molecule is C=CCc1cccc(C=Nn2c(-c3ccccc3Cl)n[nH]c2=S)c1O. The zero-order valence-electron chi connectivity index (χ0n) is 13.2. The van der Waals surface area contributed by atoms with Crippen LogP contribution in [0.25, 0.3) is 11.4 Å². The molecule has 1 aromatic heterocycles. The van der Waals surface area contributed by atoms with Crippen molar-refractivity contribution < 1.29 is 5.11 Å². The van der Waals surface area contributed by atoms with Crippen LogP contribution >= 0.6 is 23.8 Å². The summed E-state index contributed by atoms with van der Waals surface area (Å²) in [7, 11) is 0. The molecule has 0 radical (unpaired) electrons. The molecule has 3 rings (SSSR count). The minimum absolute atomic E-state index is 0.167. The van der Waals surface area contributed by atoms with Crippen LogP contribution in [0.3, 0.4) is 0 Å². The predicted octanol–water partition coefficient (Wildman–Crippen LogP) is 4.58. The maximum absolute atomic E-state index is 10.3. The molecule has 0 aliphatic heterocycles. The quantitative estimate of drug-likeness (QED) is 0.392. The lowest BCUT2D eigenvalue weighted by Gasteiger charge is -2.05. The molecule has 0 amide bonds. The number of benzene rings is 2. The number of nitrogens with one attached hydrogen (secondary N) is 1. The molecule has 2 aromatic carbocycles. The van der Waals surface area contributed by atoms with E-state index in [2.05, 4.69) is 21.9 Å². The second kappa shape index (κ2) is 7.46. The van der Waals surface area contributed by atoms with Crippen molar-refractivity contribution in [2.75, 3.05) is 0 Å². The highest BCUT2D eigenvalue weighted by Crippen LogP contribution is 2.26. The molecule has 0 aliphatic rings. The molecule has 1 heterocycles. The minimum atomic E-state index is 0.167. The number of aromatic nitrogens is 3. The summed E-state index contributed by atoms with van der Waals surface area (Å²) in [6, 6.07) is 12.8. The fraction of sp³-hybridized carbons (Fsp3) is 0.0556. The van der Waals surface area contributed by atoms with Gasteiger partial charge in [-0.05, 0) is 42.4 Å². The van der Waals surface area contributed by atoms with Crippen molar-refractivity contribution in [3.63, 3.8) is 0 Å². The Balaban J connectivity index is 2.03. The van der Waals surface area contributed by atoms with Crippen LogP contribution in [0.5, 0.6) is 5.75 Å². The van der Waals surface area contributed by atoms with Gasteiger partial charge < -0.3 is 5.11 Å². The van der Waals surface area contributed by atoms with Gasteiger partial charge in [0.25, 0.3) is 0 Å². The fourth-order valence-corrected chi connectivity index (χ4v) is 2.77. The summed E-state index contributed by atoms with van der Waals surface area (Å²) in [5.74, 6) is 0.661. The molecular weight excluding hydrogens is 356 g/mol. The van der Waals surface area contributed by atoms with E-state index < -0.39 is 0 Å². The lowest BCUT2D eigenvalue weighted by atomic mass is 10.1. The normalized spacial score (nSPS) is 11.1. The molecule has 3 aromatic rings. The maximum Gasteiger partial charge on any atom is 0.216 e. The number of rotatable bonds is 5. The van der Waals surface area contributed by atoms with Crippen molar-refractivity contribution in [3.8, 4) is 17.1 Å². The molecule has 25 heavy (non-hydrogen) atoms. The number of hydrogen-bond donors (Lipinski definition) is 2. The Morgan fingerprint density at radius 1 is 1.28 bits per heavy atom. The molecule has 5 nitrogen and oxygen atoms in total. The highest BCUT2D eigenvalue weighted by atomic mass is 35.5. The number of H-pyrrole nitrogens is 1. The second-order valence-electron chi connectivity index (χ2n) is 5.24. The minimum Gasteiger partial charge on any atom is -0.507 e. The Labute approximate surface area is 154 Å². The Hall–Kier alpha value is -2.70. The van der Waals surface area contributed by atoms with E-state index >= 15 is 0 Å². The third kappa shape index (κ3) is 3.55. The van der Waals surface area contributed by atoms with E-state index in [0.717, 1.165) is 5.56 Å². The van der Waals surface area contributed by atoms with Crippen molar-refractivity contribution in [2.24, 2.45) is 5.10 Å². The number of hydrogen-bond acceptors (Lipinski definition) is 4. The molecule has 126 valence electrons. The number of phenols is 1. The molecular formula is C18H15ClN4OS. The first-order valence-corrected chi connectivity index (χ1v) is 8.29. The standard InChI is InChI=1S/C18H15ClN4OS/c1-2-6-12-7-5-8-13(16(12)24)11-20-23-17(21-22-18(23)25)14-9-3-4-10-15(14)19/h2-5,7-11,24H,1,6H2,(H,22,25). The van der Waals surface area contributed by atoms with Crippen LogP contribution < -0.4 is 0 Å². The zero-order chi connectivity index (χ0) is 17.8. The molecule has 0 aliphatic carbocycles. The highest BCUT2D eigenvalue weighted by Gasteiger charge is 2.11. The third-order valence-corrected chi connectivity index (χ3v) is 4.19. The topological polar surface area (TPSA) is 66.2 Å². The molecule has 0 atom stereocenters. The number of aromatic hydroxyl groups is 1. The van der Waals surface area contributed by atoms with Crippen LogP contribution in [-0.4, -0.2) is 26.2 Å². The Bertz CT molecular complexity index is 1010. The lowest BCUT2D eigenvalue weighted by Crippen LogP contribution is -1.96. The summed E-state index contributed by atoms with van der Waals surface area (Å²) >= 11 is 11.5. The molecule has 0 saturated carbocycles. The number of phenolic OH excluding ortho intramolecular Hbond substituents is 1. The monoisotopic (exact) mass is 370 g/mol. The van der Waals surface area contributed by atoms with Gasteiger partial charge in [0, 0.05) is 11.1 Å². The van der Waals surface area contributed by atoms with Crippen molar-refractivity contribution >= 4 is 30.0 Å². The first kappa shape index (κ1) is 17.1. The number of para-hydroxylation sites is 1. The fourth-order valence-electron chi connectivity index (χ4n) is 2.37. The maximum atomic E-state index is 10.3. The lowest BCUT2D eigenvalue weighted by molar-refractivity contribution is 0.469. The van der Waals surface area contributed by atoms with Gasteiger partial charge >= 0.3 is 0 Å². The van der Waals surface area contributed by atoms with Gasteiger partial charge in [0.2, 0.25) is 4.77 Å². The first-order chi connectivity index (χ1) is 12.1. The number of halogens is 1. The number of nitrogens with zero attached hydrogens (tertiary/aromatic N) is 3. The van der Waals surface area contributed by atoms with Gasteiger partial charge in [-0.2, -0.15) is 14.9 Å². The van der Waals surface area contributed by atoms with Crippen molar-refractivity contribution in [2.45, 2.75) is 6.42 Å². The Morgan fingerprint density at radius 3 is 2.84 bits per heavy atom. The van der Waals surface area contributed by atoms with Crippen LogP contribution in [0.4, 0.5) is 0 Å². The van der Waals surface area contributed by atoms with Gasteiger partial charge in [0.15, 0.2) is 5.82 Å². The molecule has 2 N–H and O–H groups in total. The van der Waals surface area contributed by atoms with Gasteiger partial charge in [-0.25, -0.2) is 5.10 Å². The van der Waals surface area contributed by atoms with Crippen molar-refractivity contribution in [1.82, 2.24) is 14.9 Å². The van der Waals surface area contributed by atoms with E-state index in [4.69, 9.17) is 23.8 Å². The largest absolute Gasteiger partial charge is 0.507 e. The van der Waals surface area contributed by atoms with E-state index in [1.54, 1.807) is 18.2 Å². The summed E-state index contributed by atoms with van der Waals surface area (Å²) in [6.07, 6.45) is 3.84. The average molecular weight is 371 g/mol. The average Bonchev–Trinajstić information content (AvgIpc) is 2.97. The van der Waals surface area contributed by atoms with Crippen LogP contribution in [0, 0.1) is 4.77 Å². The van der Waals surface area contributed by atoms with Crippen LogP contribution in [0.1, 0.15) is 11.1 Å². The summed E-state index contributed by atoms with van der Waals surface area (Å²) in [4.78, 5) is 0. The number of aromatic amines is 1. The summed E-state index contributed by atoms with van der Waals surface area (Å²) < 4.78 is 1.80. The Kier molecular flexibility index (Phi) is 5.11. The van der Waals surface area contributed by atoms with E-state index in [1.165, 1.54) is 10.9 Å². The van der Waals surface area contributed by atoms with Gasteiger partial charge in [0.05, 0.1) is 11.2 Å². The van der Waals surface area contributed by atoms with E-state index in [1.807, 2.05) is 30.3 Å². The third-order valence-electron chi connectivity index (χ3n) is 3.59. The summed E-state index contributed by atoms with van der Waals surface area (Å²) in [5.41, 5.74) is 2.06. The molecule has 0 saturated heterocycles. The number of allylic oxidation sites excluding steroid dienone is 1.